The number of imidazole rings is 1. The third-order valence-electron chi connectivity index (χ3n) is 3.70. The Morgan fingerprint density at radius 1 is 1.11 bits per heavy atom. The summed E-state index contributed by atoms with van der Waals surface area (Å²) in [4.78, 5) is 0. The Labute approximate surface area is 126 Å². The molecule has 0 aliphatic rings. The van der Waals surface area contributed by atoms with Crippen molar-refractivity contribution in [3.05, 3.63) is 53.1 Å². The first-order valence-corrected chi connectivity index (χ1v) is 6.73. The standard InChI is InChI=1S/C16H23N2.BrH/c1-5-9-17-10-11-18(15(17)4)12-16-13(2)7-6-8-14(16)3;/h6-8,10-11H,5,9,12H2,1-4H3;1H/q+1;/p-1. The maximum absolute atomic E-state index is 2.34. The zero-order valence-corrected chi connectivity index (χ0v) is 13.9. The third kappa shape index (κ3) is 3.47. The van der Waals surface area contributed by atoms with Gasteiger partial charge in [0.25, 0.3) is 5.82 Å². The summed E-state index contributed by atoms with van der Waals surface area (Å²) in [7, 11) is 0. The van der Waals surface area contributed by atoms with E-state index in [9.17, 15) is 0 Å². The zero-order chi connectivity index (χ0) is 13.1. The highest BCUT2D eigenvalue weighted by Gasteiger charge is 2.13. The van der Waals surface area contributed by atoms with Gasteiger partial charge in [-0.25, -0.2) is 9.13 Å². The molecule has 0 atom stereocenters. The average Bonchev–Trinajstić information content (AvgIpc) is 2.67. The van der Waals surface area contributed by atoms with Crippen LogP contribution in [-0.4, -0.2) is 4.57 Å². The minimum absolute atomic E-state index is 0. The van der Waals surface area contributed by atoms with E-state index in [0.29, 0.717) is 0 Å². The molecule has 104 valence electrons. The third-order valence-corrected chi connectivity index (χ3v) is 3.70. The summed E-state index contributed by atoms with van der Waals surface area (Å²) in [5, 5.41) is 0. The van der Waals surface area contributed by atoms with Crippen LogP contribution in [0.15, 0.2) is 30.6 Å². The van der Waals surface area contributed by atoms with Crippen molar-refractivity contribution in [3.8, 4) is 0 Å². The molecule has 0 saturated heterocycles. The number of hydrogen-bond donors (Lipinski definition) is 0. The van der Waals surface area contributed by atoms with Crippen LogP contribution in [0.2, 0.25) is 0 Å². The van der Waals surface area contributed by atoms with E-state index in [4.69, 9.17) is 0 Å². The molecule has 0 aliphatic heterocycles. The number of nitrogens with zero attached hydrogens (tertiary/aromatic N) is 2. The molecule has 1 aromatic carbocycles. The molecule has 1 heterocycles. The molecule has 0 amide bonds. The summed E-state index contributed by atoms with van der Waals surface area (Å²) >= 11 is 0. The number of rotatable bonds is 4. The first-order valence-electron chi connectivity index (χ1n) is 6.73. The number of aryl methyl sites for hydroxylation is 3. The van der Waals surface area contributed by atoms with Crippen LogP contribution >= 0.6 is 0 Å². The highest BCUT2D eigenvalue weighted by Crippen LogP contribution is 2.13. The van der Waals surface area contributed by atoms with Gasteiger partial charge in [-0.3, -0.25) is 0 Å². The lowest BCUT2D eigenvalue weighted by atomic mass is 10.0. The molecule has 0 fully saturated rings. The second kappa shape index (κ2) is 6.90. The van der Waals surface area contributed by atoms with Crippen LogP contribution < -0.4 is 21.5 Å². The quantitative estimate of drug-likeness (QED) is 0.709. The minimum Gasteiger partial charge on any atom is -1.00 e. The Balaban J connectivity index is 0.00000180. The van der Waals surface area contributed by atoms with Crippen LogP contribution in [0.4, 0.5) is 0 Å². The lowest BCUT2D eigenvalue weighted by Crippen LogP contribution is -3.00. The number of hydrogen-bond acceptors (Lipinski definition) is 0. The minimum atomic E-state index is 0. The van der Waals surface area contributed by atoms with Crippen molar-refractivity contribution in [2.24, 2.45) is 0 Å². The van der Waals surface area contributed by atoms with Crippen LogP contribution in [0.1, 0.15) is 35.9 Å². The summed E-state index contributed by atoms with van der Waals surface area (Å²) in [6.45, 7) is 10.9. The van der Waals surface area contributed by atoms with Gasteiger partial charge < -0.3 is 17.0 Å². The largest absolute Gasteiger partial charge is 1.00 e. The van der Waals surface area contributed by atoms with Crippen molar-refractivity contribution >= 4 is 0 Å². The van der Waals surface area contributed by atoms with Crippen LogP contribution in [0.25, 0.3) is 0 Å². The van der Waals surface area contributed by atoms with Crippen molar-refractivity contribution in [1.29, 1.82) is 0 Å². The molecule has 2 nitrogen and oxygen atoms in total. The lowest BCUT2D eigenvalue weighted by Gasteiger charge is -2.08. The molecule has 2 rings (SSSR count). The van der Waals surface area contributed by atoms with E-state index in [2.05, 4.69) is 67.4 Å². The zero-order valence-electron chi connectivity index (χ0n) is 12.3. The van der Waals surface area contributed by atoms with Gasteiger partial charge in [0.2, 0.25) is 0 Å². The maximum atomic E-state index is 2.34. The Hall–Kier alpha value is -1.09. The lowest BCUT2D eigenvalue weighted by molar-refractivity contribution is -0.694. The van der Waals surface area contributed by atoms with Gasteiger partial charge in [0.1, 0.15) is 18.9 Å². The van der Waals surface area contributed by atoms with E-state index in [1.165, 1.54) is 28.9 Å². The first kappa shape index (κ1) is 16.0. The molecular formula is C16H23BrN2. The Kier molecular flexibility index (Phi) is 5.80. The topological polar surface area (TPSA) is 8.81 Å². The van der Waals surface area contributed by atoms with Crippen LogP contribution in [0.3, 0.4) is 0 Å². The van der Waals surface area contributed by atoms with Crippen molar-refractivity contribution in [1.82, 2.24) is 4.57 Å². The molecule has 19 heavy (non-hydrogen) atoms. The van der Waals surface area contributed by atoms with Crippen LogP contribution in [0.5, 0.6) is 0 Å². The van der Waals surface area contributed by atoms with Crippen molar-refractivity contribution < 1.29 is 21.5 Å². The molecule has 0 N–H and O–H groups in total. The fourth-order valence-electron chi connectivity index (χ4n) is 2.45. The molecule has 0 saturated carbocycles. The van der Waals surface area contributed by atoms with Gasteiger partial charge in [-0.05, 0) is 37.0 Å². The van der Waals surface area contributed by atoms with E-state index >= 15 is 0 Å². The Morgan fingerprint density at radius 3 is 2.32 bits per heavy atom. The number of benzene rings is 1. The highest BCUT2D eigenvalue weighted by atomic mass is 79.9. The predicted octanol–water partition coefficient (Wildman–Crippen LogP) is 0.163. The summed E-state index contributed by atoms with van der Waals surface area (Å²) in [6, 6.07) is 6.52. The molecule has 0 unspecified atom stereocenters. The van der Waals surface area contributed by atoms with Crippen LogP contribution in [0, 0.1) is 20.8 Å². The molecule has 2 aromatic rings. The fraction of sp³-hybridized carbons (Fsp3) is 0.438. The van der Waals surface area contributed by atoms with Gasteiger partial charge in [-0.15, -0.1) is 0 Å². The maximum Gasteiger partial charge on any atom is 0.253 e. The van der Waals surface area contributed by atoms with Crippen LogP contribution in [-0.2, 0) is 13.1 Å². The Bertz CT molecular complexity index is 523. The van der Waals surface area contributed by atoms with Crippen molar-refractivity contribution in [2.45, 2.75) is 47.2 Å². The van der Waals surface area contributed by atoms with Crippen molar-refractivity contribution in [3.63, 3.8) is 0 Å². The molecule has 3 heteroatoms. The SMILES string of the molecule is CCCn1cc[n+](Cc2c(C)cccc2C)c1C.[Br-]. The monoisotopic (exact) mass is 322 g/mol. The molecule has 0 radical (unpaired) electrons. The summed E-state index contributed by atoms with van der Waals surface area (Å²) < 4.78 is 4.67. The van der Waals surface area contributed by atoms with Gasteiger partial charge in [0.05, 0.1) is 6.54 Å². The predicted molar refractivity (Wildman–Crippen MR) is 74.7 cm³/mol. The number of aromatic nitrogens is 2. The van der Waals surface area contributed by atoms with E-state index in [1.807, 2.05) is 0 Å². The molecule has 0 aliphatic carbocycles. The second-order valence-corrected chi connectivity index (χ2v) is 5.04. The normalized spacial score (nSPS) is 10.3. The Morgan fingerprint density at radius 2 is 1.74 bits per heavy atom. The molecular weight excluding hydrogens is 300 g/mol. The van der Waals surface area contributed by atoms with Gasteiger partial charge >= 0.3 is 0 Å². The van der Waals surface area contributed by atoms with E-state index in [1.54, 1.807) is 0 Å². The fourth-order valence-corrected chi connectivity index (χ4v) is 2.45. The van der Waals surface area contributed by atoms with Gasteiger partial charge in [-0.2, -0.15) is 0 Å². The summed E-state index contributed by atoms with van der Waals surface area (Å²) in [6.07, 6.45) is 5.56. The number of halogens is 1. The highest BCUT2D eigenvalue weighted by molar-refractivity contribution is 5.32. The summed E-state index contributed by atoms with van der Waals surface area (Å²) in [5.74, 6) is 1.33. The average molecular weight is 323 g/mol. The van der Waals surface area contributed by atoms with Gasteiger partial charge in [-0.1, -0.05) is 25.1 Å². The molecule has 0 spiro atoms. The van der Waals surface area contributed by atoms with Gasteiger partial charge in [0.15, 0.2) is 0 Å². The van der Waals surface area contributed by atoms with Crippen molar-refractivity contribution in [2.75, 3.05) is 0 Å². The first-order chi connectivity index (χ1) is 8.63. The summed E-state index contributed by atoms with van der Waals surface area (Å²) in [5.41, 5.74) is 4.20. The van der Waals surface area contributed by atoms with E-state index in [-0.39, 0.29) is 17.0 Å². The molecule has 1 aromatic heterocycles. The smallest absolute Gasteiger partial charge is 0.253 e. The van der Waals surface area contributed by atoms with E-state index < -0.39 is 0 Å². The van der Waals surface area contributed by atoms with Gasteiger partial charge in [0, 0.05) is 6.92 Å². The second-order valence-electron chi connectivity index (χ2n) is 5.04. The van der Waals surface area contributed by atoms with E-state index in [0.717, 1.165) is 13.1 Å². The molecule has 0 bridgehead atoms.